The van der Waals surface area contributed by atoms with Gasteiger partial charge in [0.2, 0.25) is 17.7 Å². The standard InChI is InChI=1S/C26H40N4O8/c1-18(2)14-21(17-31)29-24(33)19(3)28-23(32)16-27-25(34)22(15-20-8-6-5-7-9-20)30-26(35)38-13-12-37-11-10-36-4/h5-9,17-19,21-22H,10-16H2,1-4H3,(H,27,34)(H,28,32)(H,29,33)(H,30,35)/t19-,21-,22-/m0/s1. The van der Waals surface area contributed by atoms with Crippen molar-refractivity contribution in [2.45, 2.75) is 51.7 Å². The van der Waals surface area contributed by atoms with Crippen molar-refractivity contribution < 1.29 is 38.2 Å². The van der Waals surface area contributed by atoms with E-state index in [9.17, 15) is 24.0 Å². The molecule has 4 N–H and O–H groups in total. The zero-order valence-corrected chi connectivity index (χ0v) is 22.5. The van der Waals surface area contributed by atoms with E-state index in [4.69, 9.17) is 14.2 Å². The number of aldehydes is 1. The van der Waals surface area contributed by atoms with E-state index in [1.165, 1.54) is 6.92 Å². The summed E-state index contributed by atoms with van der Waals surface area (Å²) in [6, 6.07) is 6.44. The lowest BCUT2D eigenvalue weighted by atomic mass is 10.0. The predicted molar refractivity (Wildman–Crippen MR) is 139 cm³/mol. The van der Waals surface area contributed by atoms with Crippen LogP contribution in [0.4, 0.5) is 4.79 Å². The SMILES string of the molecule is COCCOCCOC(=O)N[C@@H](Cc1ccccc1)C(=O)NCC(=O)N[C@@H](C)C(=O)N[C@H](C=O)CC(C)C. The summed E-state index contributed by atoms with van der Waals surface area (Å²) in [6.07, 6.45) is 0.490. The van der Waals surface area contributed by atoms with Crippen LogP contribution < -0.4 is 21.3 Å². The molecule has 12 heteroatoms. The molecule has 0 aromatic heterocycles. The van der Waals surface area contributed by atoms with Gasteiger partial charge in [-0.3, -0.25) is 14.4 Å². The molecule has 4 amide bonds. The summed E-state index contributed by atoms with van der Waals surface area (Å²) in [6.45, 7) is 5.83. The molecule has 1 rings (SSSR count). The minimum absolute atomic E-state index is 0.0142. The fraction of sp³-hybridized carbons (Fsp3) is 0.577. The molecule has 0 bridgehead atoms. The molecule has 0 aliphatic carbocycles. The van der Waals surface area contributed by atoms with Gasteiger partial charge in [-0.05, 0) is 24.8 Å². The molecule has 0 heterocycles. The molecule has 0 radical (unpaired) electrons. The second kappa shape index (κ2) is 18.7. The smallest absolute Gasteiger partial charge is 0.407 e. The summed E-state index contributed by atoms with van der Waals surface area (Å²) in [5.74, 6) is -1.52. The highest BCUT2D eigenvalue weighted by Gasteiger charge is 2.24. The number of amides is 4. The van der Waals surface area contributed by atoms with Crippen molar-refractivity contribution >= 4 is 30.1 Å². The first-order valence-electron chi connectivity index (χ1n) is 12.5. The maximum atomic E-state index is 12.8. The van der Waals surface area contributed by atoms with Crippen molar-refractivity contribution in [3.8, 4) is 0 Å². The van der Waals surface area contributed by atoms with Crippen LogP contribution in [0.3, 0.4) is 0 Å². The lowest BCUT2D eigenvalue weighted by Crippen LogP contribution is -2.53. The van der Waals surface area contributed by atoms with E-state index in [-0.39, 0.29) is 25.6 Å². The second-order valence-corrected chi connectivity index (χ2v) is 9.02. The molecule has 0 unspecified atom stereocenters. The van der Waals surface area contributed by atoms with E-state index in [0.717, 1.165) is 5.56 Å². The Labute approximate surface area is 223 Å². The van der Waals surface area contributed by atoms with Gasteiger partial charge >= 0.3 is 6.09 Å². The Bertz CT molecular complexity index is 881. The molecule has 0 fully saturated rings. The van der Waals surface area contributed by atoms with E-state index in [1.54, 1.807) is 31.4 Å². The average Bonchev–Trinajstić information content (AvgIpc) is 2.88. The molecule has 0 aliphatic heterocycles. The zero-order chi connectivity index (χ0) is 28.3. The van der Waals surface area contributed by atoms with Crippen molar-refractivity contribution in [3.05, 3.63) is 35.9 Å². The Morgan fingerprint density at radius 1 is 0.895 bits per heavy atom. The topological polar surface area (TPSA) is 161 Å². The van der Waals surface area contributed by atoms with Gasteiger partial charge in [0.25, 0.3) is 0 Å². The van der Waals surface area contributed by atoms with E-state index in [0.29, 0.717) is 25.9 Å². The van der Waals surface area contributed by atoms with Crippen LogP contribution in [-0.4, -0.2) is 88.3 Å². The second-order valence-electron chi connectivity index (χ2n) is 9.02. The molecule has 0 saturated carbocycles. The maximum Gasteiger partial charge on any atom is 0.407 e. The predicted octanol–water partition coefficient (Wildman–Crippen LogP) is 0.338. The van der Waals surface area contributed by atoms with Crippen molar-refractivity contribution in [2.24, 2.45) is 5.92 Å². The number of hydrogen-bond donors (Lipinski definition) is 4. The van der Waals surface area contributed by atoms with Gasteiger partial charge in [-0.25, -0.2) is 4.79 Å². The number of hydrogen-bond acceptors (Lipinski definition) is 8. The number of methoxy groups -OCH3 is 1. The van der Waals surface area contributed by atoms with Gasteiger partial charge < -0.3 is 40.3 Å². The van der Waals surface area contributed by atoms with Crippen LogP contribution in [-0.2, 0) is 39.8 Å². The Morgan fingerprint density at radius 2 is 1.58 bits per heavy atom. The number of carbonyl (C=O) groups excluding carboxylic acids is 5. The number of benzene rings is 1. The summed E-state index contributed by atoms with van der Waals surface area (Å²) in [5.41, 5.74) is 0.789. The first-order chi connectivity index (χ1) is 18.2. The largest absolute Gasteiger partial charge is 0.447 e. The van der Waals surface area contributed by atoms with E-state index >= 15 is 0 Å². The Hall–Kier alpha value is -3.51. The maximum absolute atomic E-state index is 12.8. The normalized spacial score (nSPS) is 13.1. The molecule has 212 valence electrons. The third kappa shape index (κ3) is 14.3. The number of rotatable bonds is 18. The summed E-state index contributed by atoms with van der Waals surface area (Å²) in [4.78, 5) is 60.9. The minimum atomic E-state index is -1.02. The molecule has 38 heavy (non-hydrogen) atoms. The molecule has 1 aromatic carbocycles. The molecular formula is C26H40N4O8. The van der Waals surface area contributed by atoms with Crippen LogP contribution >= 0.6 is 0 Å². The third-order valence-electron chi connectivity index (χ3n) is 5.20. The van der Waals surface area contributed by atoms with Crippen LogP contribution in [0, 0.1) is 5.92 Å². The molecule has 1 aromatic rings. The first kappa shape index (κ1) is 32.5. The van der Waals surface area contributed by atoms with E-state index < -0.39 is 48.5 Å². The number of ether oxygens (including phenoxy) is 3. The quantitative estimate of drug-likeness (QED) is 0.154. The first-order valence-corrected chi connectivity index (χ1v) is 12.5. The Morgan fingerprint density at radius 3 is 2.21 bits per heavy atom. The molecule has 12 nitrogen and oxygen atoms in total. The van der Waals surface area contributed by atoms with Gasteiger partial charge in [-0.15, -0.1) is 0 Å². The van der Waals surface area contributed by atoms with Crippen LogP contribution in [0.5, 0.6) is 0 Å². The molecular weight excluding hydrogens is 496 g/mol. The highest BCUT2D eigenvalue weighted by molar-refractivity contribution is 5.92. The monoisotopic (exact) mass is 536 g/mol. The Balaban J connectivity index is 2.61. The van der Waals surface area contributed by atoms with Crippen molar-refractivity contribution in [1.29, 1.82) is 0 Å². The van der Waals surface area contributed by atoms with E-state index in [1.807, 2.05) is 19.9 Å². The minimum Gasteiger partial charge on any atom is -0.447 e. The third-order valence-corrected chi connectivity index (χ3v) is 5.20. The van der Waals surface area contributed by atoms with Crippen LogP contribution in [0.25, 0.3) is 0 Å². The summed E-state index contributed by atoms with van der Waals surface area (Å²) < 4.78 is 15.2. The average molecular weight is 537 g/mol. The summed E-state index contributed by atoms with van der Waals surface area (Å²) in [7, 11) is 1.55. The van der Waals surface area contributed by atoms with Gasteiger partial charge in [-0.1, -0.05) is 44.2 Å². The number of carbonyl (C=O) groups is 5. The van der Waals surface area contributed by atoms with Gasteiger partial charge in [0, 0.05) is 13.5 Å². The lowest BCUT2D eigenvalue weighted by molar-refractivity contribution is -0.130. The molecule has 0 spiro atoms. The van der Waals surface area contributed by atoms with Gasteiger partial charge in [0.05, 0.1) is 32.4 Å². The van der Waals surface area contributed by atoms with Gasteiger partial charge in [0.15, 0.2) is 0 Å². The van der Waals surface area contributed by atoms with Gasteiger partial charge in [0.1, 0.15) is 25.0 Å². The van der Waals surface area contributed by atoms with Crippen LogP contribution in [0.2, 0.25) is 0 Å². The lowest BCUT2D eigenvalue weighted by Gasteiger charge is -2.20. The summed E-state index contributed by atoms with van der Waals surface area (Å²) >= 11 is 0. The molecule has 3 atom stereocenters. The van der Waals surface area contributed by atoms with Crippen molar-refractivity contribution in [2.75, 3.05) is 40.1 Å². The highest BCUT2D eigenvalue weighted by Crippen LogP contribution is 2.05. The van der Waals surface area contributed by atoms with Crippen LogP contribution in [0.15, 0.2) is 30.3 Å². The van der Waals surface area contributed by atoms with E-state index in [2.05, 4.69) is 21.3 Å². The molecule has 0 aliphatic rings. The van der Waals surface area contributed by atoms with Crippen molar-refractivity contribution in [3.63, 3.8) is 0 Å². The number of nitrogens with one attached hydrogen (secondary N) is 4. The highest BCUT2D eigenvalue weighted by atomic mass is 16.6. The summed E-state index contributed by atoms with van der Waals surface area (Å²) in [5, 5.41) is 10.0. The zero-order valence-electron chi connectivity index (χ0n) is 22.5. The Kier molecular flexibility index (Phi) is 16.0. The van der Waals surface area contributed by atoms with Crippen LogP contribution in [0.1, 0.15) is 32.8 Å². The fourth-order valence-corrected chi connectivity index (χ4v) is 3.29. The van der Waals surface area contributed by atoms with Crippen molar-refractivity contribution in [1.82, 2.24) is 21.3 Å². The number of alkyl carbamates (subject to hydrolysis) is 1. The van der Waals surface area contributed by atoms with Gasteiger partial charge in [-0.2, -0.15) is 0 Å². The molecule has 0 saturated heterocycles. The fourth-order valence-electron chi connectivity index (χ4n) is 3.29.